The number of phenolic OH excluding ortho intramolecular Hbond substituents is 1. The minimum atomic E-state index is -0.279. The summed E-state index contributed by atoms with van der Waals surface area (Å²) in [5.74, 6) is 0.567. The van der Waals surface area contributed by atoms with Crippen molar-refractivity contribution in [2.75, 3.05) is 7.11 Å². The molecule has 0 aliphatic carbocycles. The van der Waals surface area contributed by atoms with Gasteiger partial charge in [-0.2, -0.15) is 0 Å². The second-order valence-electron chi connectivity index (χ2n) is 7.95. The molecule has 0 fully saturated rings. The van der Waals surface area contributed by atoms with Crippen LogP contribution in [-0.4, -0.2) is 18.2 Å². The summed E-state index contributed by atoms with van der Waals surface area (Å²) < 4.78 is 4.87. The number of aromatic hydroxyl groups is 1. The van der Waals surface area contributed by atoms with Crippen LogP contribution in [0.25, 0.3) is 10.4 Å². The first-order valence-electron chi connectivity index (χ1n) is 10.4. The number of thiophene rings is 1. The molecule has 0 aliphatic heterocycles. The number of carbonyl (C=O) groups is 1. The third-order valence-corrected chi connectivity index (χ3v) is 7.06. The minimum Gasteiger partial charge on any atom is -0.508 e. The van der Waals surface area contributed by atoms with Crippen LogP contribution in [0.5, 0.6) is 5.75 Å². The molecule has 1 aromatic heterocycles. The Morgan fingerprint density at radius 1 is 1.03 bits per heavy atom. The van der Waals surface area contributed by atoms with Crippen LogP contribution < -0.4 is 0 Å². The summed E-state index contributed by atoms with van der Waals surface area (Å²) in [7, 11) is 1.42. The number of aryl methyl sites for hydroxylation is 4. The molecule has 30 heavy (non-hydrogen) atoms. The Balaban J connectivity index is 1.80. The van der Waals surface area contributed by atoms with Crippen molar-refractivity contribution in [1.29, 1.82) is 0 Å². The Hall–Kier alpha value is -2.59. The quantitative estimate of drug-likeness (QED) is 0.419. The van der Waals surface area contributed by atoms with E-state index in [-0.39, 0.29) is 5.97 Å². The lowest BCUT2D eigenvalue weighted by atomic mass is 9.88. The summed E-state index contributed by atoms with van der Waals surface area (Å²) in [4.78, 5) is 13.7. The van der Waals surface area contributed by atoms with Crippen molar-refractivity contribution in [2.24, 2.45) is 0 Å². The summed E-state index contributed by atoms with van der Waals surface area (Å²) >= 11 is 1.49. The van der Waals surface area contributed by atoms with Crippen molar-refractivity contribution in [2.45, 2.75) is 52.9 Å². The first-order valence-corrected chi connectivity index (χ1v) is 11.2. The molecule has 0 radical (unpaired) electrons. The molecule has 2 aromatic carbocycles. The molecule has 0 spiro atoms. The third-order valence-electron chi connectivity index (χ3n) is 5.81. The summed E-state index contributed by atoms with van der Waals surface area (Å²) in [6.45, 7) is 8.37. The standard InChI is InChI=1S/C26H30O3S/c1-6-20(9-7-19-8-12-23(27)17(3)13-19)21-10-11-22(16(2)14-21)25-18(4)15-24(30-25)26(28)29-5/h8,10-15,20,27H,6-7,9H2,1-5H3. The fraction of sp³-hybridized carbons (Fsp3) is 0.346. The lowest BCUT2D eigenvalue weighted by molar-refractivity contribution is 0.0606. The predicted molar refractivity (Wildman–Crippen MR) is 125 cm³/mol. The first-order chi connectivity index (χ1) is 14.3. The van der Waals surface area contributed by atoms with E-state index in [0.717, 1.165) is 35.3 Å². The molecule has 1 heterocycles. The molecule has 0 saturated heterocycles. The Kier molecular flexibility index (Phi) is 6.99. The molecular formula is C26H30O3S. The minimum absolute atomic E-state index is 0.279. The maximum atomic E-state index is 11.9. The van der Waals surface area contributed by atoms with E-state index in [4.69, 9.17) is 4.74 Å². The maximum absolute atomic E-state index is 11.9. The van der Waals surface area contributed by atoms with E-state index in [1.165, 1.54) is 40.7 Å². The van der Waals surface area contributed by atoms with Crippen LogP contribution in [0.4, 0.5) is 0 Å². The third kappa shape index (κ3) is 4.76. The van der Waals surface area contributed by atoms with E-state index >= 15 is 0 Å². The predicted octanol–water partition coefficient (Wildman–Crippen LogP) is 6.96. The molecule has 0 bridgehead atoms. The van der Waals surface area contributed by atoms with Crippen molar-refractivity contribution in [3.05, 3.63) is 75.2 Å². The summed E-state index contributed by atoms with van der Waals surface area (Å²) in [6.07, 6.45) is 3.15. The number of methoxy groups -OCH3 is 1. The highest BCUT2D eigenvalue weighted by Gasteiger charge is 2.17. The fourth-order valence-corrected chi connectivity index (χ4v) is 5.15. The number of ether oxygens (including phenoxy) is 1. The Morgan fingerprint density at radius 2 is 1.80 bits per heavy atom. The smallest absolute Gasteiger partial charge is 0.348 e. The Bertz CT molecular complexity index is 1050. The van der Waals surface area contributed by atoms with Crippen LogP contribution >= 0.6 is 11.3 Å². The molecular weight excluding hydrogens is 392 g/mol. The van der Waals surface area contributed by atoms with E-state index in [0.29, 0.717) is 16.5 Å². The number of carbonyl (C=O) groups excluding carboxylic acids is 1. The van der Waals surface area contributed by atoms with Gasteiger partial charge in [-0.15, -0.1) is 11.3 Å². The fourth-order valence-electron chi connectivity index (χ4n) is 3.97. The van der Waals surface area contributed by atoms with Crippen molar-refractivity contribution < 1.29 is 14.6 Å². The molecule has 0 amide bonds. The van der Waals surface area contributed by atoms with E-state index in [9.17, 15) is 9.90 Å². The van der Waals surface area contributed by atoms with Crippen LogP contribution in [0.1, 0.15) is 63.2 Å². The van der Waals surface area contributed by atoms with Gasteiger partial charge in [0.25, 0.3) is 0 Å². The Morgan fingerprint density at radius 3 is 2.43 bits per heavy atom. The van der Waals surface area contributed by atoms with Gasteiger partial charge in [-0.1, -0.05) is 37.3 Å². The number of esters is 1. The molecule has 1 unspecified atom stereocenters. The first kappa shape index (κ1) is 22.1. The number of benzene rings is 2. The van der Waals surface area contributed by atoms with Crippen molar-refractivity contribution in [3.8, 4) is 16.2 Å². The van der Waals surface area contributed by atoms with Gasteiger partial charge in [0.1, 0.15) is 10.6 Å². The highest BCUT2D eigenvalue weighted by Crippen LogP contribution is 2.37. The van der Waals surface area contributed by atoms with Crippen molar-refractivity contribution in [3.63, 3.8) is 0 Å². The summed E-state index contributed by atoms with van der Waals surface area (Å²) in [5, 5.41) is 9.74. The van der Waals surface area contributed by atoms with Crippen molar-refractivity contribution >= 4 is 17.3 Å². The molecule has 3 rings (SSSR count). The Labute approximate surface area is 183 Å². The van der Waals surface area contributed by atoms with E-state index in [1.54, 1.807) is 6.07 Å². The highest BCUT2D eigenvalue weighted by molar-refractivity contribution is 7.17. The van der Waals surface area contributed by atoms with E-state index < -0.39 is 0 Å². The molecule has 0 saturated carbocycles. The van der Waals surface area contributed by atoms with Crippen LogP contribution in [0.15, 0.2) is 42.5 Å². The second kappa shape index (κ2) is 9.48. The zero-order chi connectivity index (χ0) is 21.8. The number of phenols is 1. The number of rotatable bonds is 7. The number of hydrogen-bond acceptors (Lipinski definition) is 4. The summed E-state index contributed by atoms with van der Waals surface area (Å²) in [6, 6.07) is 14.5. The van der Waals surface area contributed by atoms with Gasteiger partial charge in [-0.25, -0.2) is 4.79 Å². The van der Waals surface area contributed by atoms with Gasteiger partial charge in [-0.05, 0) is 91.5 Å². The van der Waals surface area contributed by atoms with E-state index in [1.807, 2.05) is 26.0 Å². The van der Waals surface area contributed by atoms with Crippen LogP contribution in [0.2, 0.25) is 0 Å². The van der Waals surface area contributed by atoms with Gasteiger partial charge >= 0.3 is 5.97 Å². The normalized spacial score (nSPS) is 12.0. The molecule has 3 aromatic rings. The maximum Gasteiger partial charge on any atom is 0.348 e. The highest BCUT2D eigenvalue weighted by atomic mass is 32.1. The zero-order valence-corrected chi connectivity index (χ0v) is 19.2. The molecule has 4 heteroatoms. The van der Waals surface area contributed by atoms with Gasteiger partial charge in [0, 0.05) is 4.88 Å². The monoisotopic (exact) mass is 422 g/mol. The van der Waals surface area contributed by atoms with Gasteiger partial charge < -0.3 is 9.84 Å². The zero-order valence-electron chi connectivity index (χ0n) is 18.4. The molecule has 0 aliphatic rings. The molecule has 158 valence electrons. The van der Waals surface area contributed by atoms with Crippen molar-refractivity contribution in [1.82, 2.24) is 0 Å². The summed E-state index contributed by atoms with van der Waals surface area (Å²) in [5.41, 5.74) is 7.07. The lowest BCUT2D eigenvalue weighted by Crippen LogP contribution is -2.01. The molecule has 1 N–H and O–H groups in total. The van der Waals surface area contributed by atoms with Gasteiger partial charge in [0.2, 0.25) is 0 Å². The van der Waals surface area contributed by atoms with Gasteiger partial charge in [0.15, 0.2) is 0 Å². The van der Waals surface area contributed by atoms with Gasteiger partial charge in [-0.3, -0.25) is 0 Å². The number of hydrogen-bond donors (Lipinski definition) is 1. The van der Waals surface area contributed by atoms with Crippen LogP contribution in [0, 0.1) is 20.8 Å². The SMILES string of the molecule is CCC(CCc1ccc(O)c(C)c1)c1ccc(-c2sc(C(=O)OC)cc2C)c(C)c1. The molecule has 3 nitrogen and oxygen atoms in total. The average molecular weight is 423 g/mol. The lowest BCUT2D eigenvalue weighted by Gasteiger charge is -2.18. The topological polar surface area (TPSA) is 46.5 Å². The molecule has 1 atom stereocenters. The average Bonchev–Trinajstić information content (AvgIpc) is 3.12. The van der Waals surface area contributed by atoms with Crippen LogP contribution in [-0.2, 0) is 11.2 Å². The van der Waals surface area contributed by atoms with Crippen LogP contribution in [0.3, 0.4) is 0 Å². The second-order valence-corrected chi connectivity index (χ2v) is 9.01. The van der Waals surface area contributed by atoms with Gasteiger partial charge in [0.05, 0.1) is 7.11 Å². The largest absolute Gasteiger partial charge is 0.508 e. The van der Waals surface area contributed by atoms with E-state index in [2.05, 4.69) is 38.1 Å².